The molecular weight excluding hydrogens is 282 g/mol. The van der Waals surface area contributed by atoms with E-state index in [0.29, 0.717) is 5.56 Å². The maximum atomic E-state index is 13.4. The van der Waals surface area contributed by atoms with Gasteiger partial charge in [-0.25, -0.2) is 17.6 Å². The zero-order valence-electron chi connectivity index (χ0n) is 9.48. The van der Waals surface area contributed by atoms with Crippen LogP contribution in [0, 0.1) is 23.3 Å². The molecule has 0 bridgehead atoms. The lowest BCUT2D eigenvalue weighted by molar-refractivity contribution is 0.449. The Morgan fingerprint density at radius 1 is 0.895 bits per heavy atom. The molecule has 100 valence electrons. The quantitative estimate of drug-likeness (QED) is 0.647. The van der Waals surface area contributed by atoms with E-state index < -0.39 is 23.3 Å². The van der Waals surface area contributed by atoms with E-state index in [0.717, 1.165) is 12.1 Å². The lowest BCUT2D eigenvalue weighted by Crippen LogP contribution is -2.04. The van der Waals surface area contributed by atoms with E-state index in [1.165, 1.54) is 18.2 Å². The van der Waals surface area contributed by atoms with Gasteiger partial charge in [-0.05, 0) is 23.8 Å². The maximum Gasteiger partial charge on any atom is 0.196 e. The molecule has 2 aromatic rings. The van der Waals surface area contributed by atoms with Crippen molar-refractivity contribution in [2.24, 2.45) is 0 Å². The number of benzene rings is 2. The molecule has 1 nitrogen and oxygen atoms in total. The summed E-state index contributed by atoms with van der Waals surface area (Å²) in [6, 6.07) is 6.02. The summed E-state index contributed by atoms with van der Waals surface area (Å²) < 4.78 is 52.2. The van der Waals surface area contributed by atoms with E-state index in [1.54, 1.807) is 0 Å². The van der Waals surface area contributed by atoms with Gasteiger partial charge in [-0.2, -0.15) is 0 Å². The van der Waals surface area contributed by atoms with E-state index in [4.69, 9.17) is 11.6 Å². The minimum Gasteiger partial charge on any atom is -0.378 e. The molecule has 0 aromatic heterocycles. The fourth-order valence-corrected chi connectivity index (χ4v) is 1.73. The van der Waals surface area contributed by atoms with E-state index in [9.17, 15) is 17.6 Å². The highest BCUT2D eigenvalue weighted by molar-refractivity contribution is 6.31. The highest BCUT2D eigenvalue weighted by atomic mass is 35.5. The predicted octanol–water partition coefficient (Wildman–Crippen LogP) is 4.51. The molecule has 0 saturated carbocycles. The topological polar surface area (TPSA) is 12.0 Å². The molecular formula is C13H8ClF4N. The SMILES string of the molecule is Fc1ccc(NCc2cccc(F)c2Cl)c(F)c1F. The molecule has 2 aromatic carbocycles. The molecule has 0 saturated heterocycles. The predicted molar refractivity (Wildman–Crippen MR) is 65.1 cm³/mol. The van der Waals surface area contributed by atoms with Crippen LogP contribution in [0.15, 0.2) is 30.3 Å². The number of hydrogen-bond donors (Lipinski definition) is 1. The van der Waals surface area contributed by atoms with Crippen molar-refractivity contribution in [1.82, 2.24) is 0 Å². The summed E-state index contributed by atoms with van der Waals surface area (Å²) in [4.78, 5) is 0. The van der Waals surface area contributed by atoms with E-state index in [2.05, 4.69) is 5.32 Å². The Morgan fingerprint density at radius 2 is 1.63 bits per heavy atom. The third-order valence-corrected chi connectivity index (χ3v) is 2.96. The van der Waals surface area contributed by atoms with Gasteiger partial charge in [0.2, 0.25) is 0 Å². The summed E-state index contributed by atoms with van der Waals surface area (Å²) in [6.07, 6.45) is 0. The molecule has 0 atom stereocenters. The standard InChI is InChI=1S/C13H8ClF4N/c14-11-7(2-1-3-8(11)15)6-19-10-5-4-9(16)12(17)13(10)18/h1-5,19H,6H2. The zero-order chi connectivity index (χ0) is 14.0. The summed E-state index contributed by atoms with van der Waals surface area (Å²) in [5.41, 5.74) is 0.157. The van der Waals surface area contributed by atoms with Crippen LogP contribution in [0.1, 0.15) is 5.56 Å². The van der Waals surface area contributed by atoms with Crippen LogP contribution < -0.4 is 5.32 Å². The number of rotatable bonds is 3. The third kappa shape index (κ3) is 2.81. The first-order chi connectivity index (χ1) is 9.00. The van der Waals surface area contributed by atoms with Crippen molar-refractivity contribution in [2.45, 2.75) is 6.54 Å². The largest absolute Gasteiger partial charge is 0.378 e. The van der Waals surface area contributed by atoms with Gasteiger partial charge in [0, 0.05) is 6.54 Å². The first kappa shape index (κ1) is 13.7. The van der Waals surface area contributed by atoms with Crippen molar-refractivity contribution in [1.29, 1.82) is 0 Å². The number of halogens is 5. The van der Waals surface area contributed by atoms with Crippen LogP contribution in [0.4, 0.5) is 23.2 Å². The number of nitrogens with one attached hydrogen (secondary N) is 1. The minimum absolute atomic E-state index is 0.0153. The first-order valence-electron chi connectivity index (χ1n) is 5.31. The van der Waals surface area contributed by atoms with E-state index >= 15 is 0 Å². The first-order valence-corrected chi connectivity index (χ1v) is 5.68. The highest BCUT2D eigenvalue weighted by Crippen LogP contribution is 2.23. The molecule has 19 heavy (non-hydrogen) atoms. The van der Waals surface area contributed by atoms with Crippen molar-refractivity contribution in [2.75, 3.05) is 5.32 Å². The van der Waals surface area contributed by atoms with Gasteiger partial charge in [0.05, 0.1) is 10.7 Å². The molecule has 0 aliphatic heterocycles. The number of hydrogen-bond acceptors (Lipinski definition) is 1. The smallest absolute Gasteiger partial charge is 0.196 e. The summed E-state index contributed by atoms with van der Waals surface area (Å²) in [7, 11) is 0. The Balaban J connectivity index is 2.20. The van der Waals surface area contributed by atoms with Crippen molar-refractivity contribution < 1.29 is 17.6 Å². The molecule has 0 unspecified atom stereocenters. The summed E-state index contributed by atoms with van der Waals surface area (Å²) in [5.74, 6) is -4.76. The lowest BCUT2D eigenvalue weighted by Gasteiger charge is -2.10. The van der Waals surface area contributed by atoms with E-state index in [1.807, 2.05) is 0 Å². The maximum absolute atomic E-state index is 13.4. The fourth-order valence-electron chi connectivity index (χ4n) is 1.54. The van der Waals surface area contributed by atoms with Crippen molar-refractivity contribution in [3.8, 4) is 0 Å². The Bertz CT molecular complexity index is 616. The van der Waals surface area contributed by atoms with Gasteiger partial charge in [-0.1, -0.05) is 23.7 Å². The molecule has 0 amide bonds. The molecule has 0 heterocycles. The molecule has 6 heteroatoms. The van der Waals surface area contributed by atoms with Crippen LogP contribution >= 0.6 is 11.6 Å². The van der Waals surface area contributed by atoms with Gasteiger partial charge in [-0.15, -0.1) is 0 Å². The fraction of sp³-hybridized carbons (Fsp3) is 0.0769. The zero-order valence-corrected chi connectivity index (χ0v) is 10.2. The second-order valence-corrected chi connectivity index (χ2v) is 4.17. The van der Waals surface area contributed by atoms with Crippen molar-refractivity contribution in [3.63, 3.8) is 0 Å². The third-order valence-electron chi connectivity index (χ3n) is 2.54. The Kier molecular flexibility index (Phi) is 3.95. The molecule has 1 N–H and O–H groups in total. The lowest BCUT2D eigenvalue weighted by atomic mass is 10.2. The minimum atomic E-state index is -1.56. The van der Waals surface area contributed by atoms with Crippen LogP contribution in [0.2, 0.25) is 5.02 Å². The second-order valence-electron chi connectivity index (χ2n) is 3.79. The molecule has 0 fully saturated rings. The van der Waals surface area contributed by atoms with Crippen LogP contribution in [-0.2, 0) is 6.54 Å². The molecule has 0 spiro atoms. The molecule has 2 rings (SSSR count). The molecule has 0 radical (unpaired) electrons. The molecule has 0 aliphatic rings. The Morgan fingerprint density at radius 3 is 2.37 bits per heavy atom. The van der Waals surface area contributed by atoms with Crippen molar-refractivity contribution in [3.05, 3.63) is 64.2 Å². The van der Waals surface area contributed by atoms with Gasteiger partial charge in [-0.3, -0.25) is 0 Å². The Hall–Kier alpha value is -1.75. The van der Waals surface area contributed by atoms with Crippen LogP contribution in [0.25, 0.3) is 0 Å². The van der Waals surface area contributed by atoms with Crippen LogP contribution in [0.5, 0.6) is 0 Å². The summed E-state index contributed by atoms with van der Waals surface area (Å²) in [6.45, 7) is -0.0153. The monoisotopic (exact) mass is 289 g/mol. The molecule has 0 aliphatic carbocycles. The Labute approximate surface area is 111 Å². The average Bonchev–Trinajstić information content (AvgIpc) is 2.40. The highest BCUT2D eigenvalue weighted by Gasteiger charge is 2.13. The van der Waals surface area contributed by atoms with Gasteiger partial charge in [0.25, 0.3) is 0 Å². The van der Waals surface area contributed by atoms with Gasteiger partial charge < -0.3 is 5.32 Å². The normalized spacial score (nSPS) is 10.6. The second kappa shape index (κ2) is 5.48. The number of anilines is 1. The van der Waals surface area contributed by atoms with Gasteiger partial charge in [0.15, 0.2) is 17.5 Å². The summed E-state index contributed by atoms with van der Waals surface area (Å²) >= 11 is 5.71. The van der Waals surface area contributed by atoms with Crippen molar-refractivity contribution >= 4 is 17.3 Å². The van der Waals surface area contributed by atoms with Gasteiger partial charge in [0.1, 0.15) is 5.82 Å². The van der Waals surface area contributed by atoms with Crippen LogP contribution in [-0.4, -0.2) is 0 Å². The summed E-state index contributed by atoms with van der Waals surface area (Å²) in [5, 5.41) is 2.43. The van der Waals surface area contributed by atoms with Crippen LogP contribution in [0.3, 0.4) is 0 Å². The average molecular weight is 290 g/mol. The van der Waals surface area contributed by atoms with E-state index in [-0.39, 0.29) is 17.3 Å². The van der Waals surface area contributed by atoms with Gasteiger partial charge >= 0.3 is 0 Å².